The topological polar surface area (TPSA) is 96.7 Å². The van der Waals surface area contributed by atoms with Gasteiger partial charge in [0.05, 0.1) is 11.0 Å². The lowest BCUT2D eigenvalue weighted by molar-refractivity contribution is 0.144. The van der Waals surface area contributed by atoms with Crippen LogP contribution in [0.25, 0.3) is 22.2 Å². The molecule has 248 valence electrons. The minimum atomic E-state index is -1.34. The average molecular weight is 645 g/mol. The van der Waals surface area contributed by atoms with Crippen molar-refractivity contribution in [3.05, 3.63) is 114 Å². The second kappa shape index (κ2) is 15.7. The van der Waals surface area contributed by atoms with Crippen molar-refractivity contribution in [3.63, 3.8) is 0 Å². The van der Waals surface area contributed by atoms with Crippen LogP contribution in [0.4, 0.5) is 15.3 Å². The number of ether oxygens (including phenoxy) is 1. The summed E-state index contributed by atoms with van der Waals surface area (Å²) in [6.07, 6.45) is 7.98. The Balaban J connectivity index is 1.31. The number of carboxylic acid groups (broad SMARTS) is 1. The van der Waals surface area contributed by atoms with Gasteiger partial charge in [-0.2, -0.15) is 0 Å². The van der Waals surface area contributed by atoms with Crippen molar-refractivity contribution in [2.45, 2.75) is 77.3 Å². The summed E-state index contributed by atoms with van der Waals surface area (Å²) in [6, 6.07) is 31.9. The number of para-hydroxylation sites is 1. The lowest BCUT2D eigenvalue weighted by Gasteiger charge is -2.28. The van der Waals surface area contributed by atoms with Gasteiger partial charge in [0.1, 0.15) is 11.6 Å². The van der Waals surface area contributed by atoms with Gasteiger partial charge in [-0.25, -0.2) is 14.6 Å². The fourth-order valence-corrected chi connectivity index (χ4v) is 6.62. The maximum absolute atomic E-state index is 13.9. The van der Waals surface area contributed by atoms with Crippen molar-refractivity contribution in [3.8, 4) is 16.9 Å². The molecule has 1 heterocycles. The number of nitrogens with one attached hydrogen (secondary N) is 1. The number of anilines is 1. The predicted octanol–water partition coefficient (Wildman–Crippen LogP) is 9.24. The van der Waals surface area contributed by atoms with E-state index >= 15 is 0 Å². The van der Waals surface area contributed by atoms with Crippen molar-refractivity contribution in [2.75, 3.05) is 11.4 Å². The number of fused-ring (bicyclic) bond motifs is 1. The normalized spacial score (nSPS) is 13.4. The van der Waals surface area contributed by atoms with Gasteiger partial charge < -0.3 is 19.7 Å². The zero-order chi connectivity index (χ0) is 33.3. The molecule has 8 nitrogen and oxygen atoms in total. The zero-order valence-electron chi connectivity index (χ0n) is 27.6. The first-order valence-corrected chi connectivity index (χ1v) is 17.2. The molecule has 1 aliphatic rings. The summed E-state index contributed by atoms with van der Waals surface area (Å²) in [4.78, 5) is 32.1. The van der Waals surface area contributed by atoms with Gasteiger partial charge >= 0.3 is 12.2 Å². The van der Waals surface area contributed by atoms with Crippen LogP contribution in [-0.2, 0) is 19.4 Å². The third-order valence-corrected chi connectivity index (χ3v) is 9.21. The number of imidazole rings is 1. The van der Waals surface area contributed by atoms with Crippen molar-refractivity contribution in [2.24, 2.45) is 0 Å². The summed E-state index contributed by atoms with van der Waals surface area (Å²) in [6.45, 7) is 3.37. The molecule has 1 fully saturated rings. The highest BCUT2D eigenvalue weighted by atomic mass is 16.7. The SMILES string of the molecule is CCCCc1nc2ccc(N(CCc3ccccc3)C(=O)NC3CCCCC3)cc2n1Cc1ccc(-c2ccccc2OC(=O)O)cc1. The molecule has 0 radical (unpaired) electrons. The maximum Gasteiger partial charge on any atom is 0.511 e. The van der Waals surface area contributed by atoms with Gasteiger partial charge in [0.15, 0.2) is 0 Å². The molecule has 0 atom stereocenters. The molecule has 1 saturated carbocycles. The molecule has 4 aromatic carbocycles. The highest BCUT2D eigenvalue weighted by molar-refractivity contribution is 5.94. The van der Waals surface area contributed by atoms with Gasteiger partial charge in [0.25, 0.3) is 0 Å². The molecule has 0 saturated heterocycles. The third kappa shape index (κ3) is 8.05. The standard InChI is InChI=1S/C40H44N4O4/c1-2-3-18-38-42-35-24-23-33(43(26-25-29-12-6-4-7-13-29)39(45)41-32-14-8-5-9-15-32)27-36(35)44(38)28-30-19-21-31(22-20-30)34-16-10-11-17-37(34)48-40(46)47/h4,6-7,10-13,16-17,19-24,27,32H,2-3,5,8-9,14-15,18,25-26,28H2,1H3,(H,41,45)(H,46,47). The van der Waals surface area contributed by atoms with Crippen LogP contribution in [0.1, 0.15) is 68.8 Å². The van der Waals surface area contributed by atoms with Crippen LogP contribution in [-0.4, -0.2) is 39.4 Å². The largest absolute Gasteiger partial charge is 0.511 e. The minimum absolute atomic E-state index is 0.0443. The Hall–Kier alpha value is -5.11. The van der Waals surface area contributed by atoms with E-state index in [1.807, 2.05) is 59.5 Å². The first-order valence-electron chi connectivity index (χ1n) is 17.2. The summed E-state index contributed by atoms with van der Waals surface area (Å²) in [5, 5.41) is 12.5. The third-order valence-electron chi connectivity index (χ3n) is 9.21. The van der Waals surface area contributed by atoms with Crippen LogP contribution in [0.3, 0.4) is 0 Å². The van der Waals surface area contributed by atoms with Crippen LogP contribution in [0.15, 0.2) is 97.1 Å². The van der Waals surface area contributed by atoms with E-state index in [4.69, 9.17) is 9.72 Å². The number of urea groups is 1. The Morgan fingerprint density at radius 2 is 1.65 bits per heavy atom. The number of benzene rings is 4. The molecular weight excluding hydrogens is 600 g/mol. The average Bonchev–Trinajstić information content (AvgIpc) is 3.44. The highest BCUT2D eigenvalue weighted by Gasteiger charge is 2.23. The Kier molecular flexibility index (Phi) is 10.7. The highest BCUT2D eigenvalue weighted by Crippen LogP contribution is 2.31. The zero-order valence-corrected chi connectivity index (χ0v) is 27.6. The van der Waals surface area contributed by atoms with Gasteiger partial charge in [-0.3, -0.25) is 4.90 Å². The van der Waals surface area contributed by atoms with E-state index in [1.165, 1.54) is 12.0 Å². The van der Waals surface area contributed by atoms with Crippen molar-refractivity contribution in [1.29, 1.82) is 0 Å². The molecule has 0 aliphatic heterocycles. The Labute approximate surface area is 282 Å². The molecule has 48 heavy (non-hydrogen) atoms. The second-order valence-electron chi connectivity index (χ2n) is 12.6. The summed E-state index contributed by atoms with van der Waals surface area (Å²) in [7, 11) is 0. The van der Waals surface area contributed by atoms with Crippen molar-refractivity contribution in [1.82, 2.24) is 14.9 Å². The van der Waals surface area contributed by atoms with Crippen LogP contribution in [0.2, 0.25) is 0 Å². The Morgan fingerprint density at radius 1 is 0.896 bits per heavy atom. The first-order chi connectivity index (χ1) is 23.5. The maximum atomic E-state index is 13.9. The molecule has 8 heteroatoms. The molecule has 5 aromatic rings. The number of hydrogen-bond donors (Lipinski definition) is 2. The van der Waals surface area contributed by atoms with E-state index in [1.54, 1.807) is 12.1 Å². The number of carbonyl (C=O) groups excluding carboxylic acids is 1. The monoisotopic (exact) mass is 644 g/mol. The summed E-state index contributed by atoms with van der Waals surface area (Å²) in [5.41, 5.74) is 6.65. The van der Waals surface area contributed by atoms with Gasteiger partial charge in [-0.1, -0.05) is 105 Å². The molecule has 0 spiro atoms. The number of amides is 2. The first kappa shape index (κ1) is 32.8. The van der Waals surface area contributed by atoms with E-state index in [0.717, 1.165) is 90.6 Å². The minimum Gasteiger partial charge on any atom is -0.449 e. The van der Waals surface area contributed by atoms with E-state index in [2.05, 4.69) is 47.1 Å². The van der Waals surface area contributed by atoms with Gasteiger partial charge in [0.2, 0.25) is 0 Å². The molecule has 0 unspecified atom stereocenters. The predicted molar refractivity (Wildman–Crippen MR) is 191 cm³/mol. The molecule has 2 N–H and O–H groups in total. The van der Waals surface area contributed by atoms with E-state index in [0.29, 0.717) is 18.8 Å². The van der Waals surface area contributed by atoms with E-state index in [9.17, 15) is 14.7 Å². The Morgan fingerprint density at radius 3 is 2.40 bits per heavy atom. The lowest BCUT2D eigenvalue weighted by atomic mass is 9.96. The Bertz CT molecular complexity index is 1830. The van der Waals surface area contributed by atoms with Crippen molar-refractivity contribution < 1.29 is 19.4 Å². The van der Waals surface area contributed by atoms with Crippen LogP contribution < -0.4 is 15.0 Å². The molecule has 0 bridgehead atoms. The van der Waals surface area contributed by atoms with Crippen LogP contribution >= 0.6 is 0 Å². The van der Waals surface area contributed by atoms with Crippen LogP contribution in [0, 0.1) is 0 Å². The quantitative estimate of drug-likeness (QED) is 0.104. The fraction of sp³-hybridized carbons (Fsp3) is 0.325. The number of hydrogen-bond acceptors (Lipinski definition) is 4. The number of aromatic nitrogens is 2. The number of carbonyl (C=O) groups is 2. The summed E-state index contributed by atoms with van der Waals surface area (Å²) in [5.74, 6) is 1.33. The number of unbranched alkanes of at least 4 members (excludes halogenated alkanes) is 1. The number of nitrogens with zero attached hydrogens (tertiary/aromatic N) is 3. The number of aryl methyl sites for hydroxylation is 1. The second-order valence-corrected chi connectivity index (χ2v) is 12.6. The molecule has 1 aromatic heterocycles. The smallest absolute Gasteiger partial charge is 0.449 e. The molecule has 2 amide bonds. The lowest BCUT2D eigenvalue weighted by Crippen LogP contribution is -2.46. The summed E-state index contributed by atoms with van der Waals surface area (Å²) < 4.78 is 7.30. The van der Waals surface area contributed by atoms with Gasteiger partial charge in [-0.05, 0) is 66.6 Å². The van der Waals surface area contributed by atoms with E-state index < -0.39 is 6.16 Å². The molecule has 6 rings (SSSR count). The number of rotatable bonds is 12. The van der Waals surface area contributed by atoms with Crippen LogP contribution in [0.5, 0.6) is 5.75 Å². The van der Waals surface area contributed by atoms with E-state index in [-0.39, 0.29) is 12.1 Å². The summed E-state index contributed by atoms with van der Waals surface area (Å²) >= 11 is 0. The fourth-order valence-electron chi connectivity index (χ4n) is 6.62. The molecular formula is C40H44N4O4. The molecule has 1 aliphatic carbocycles. The van der Waals surface area contributed by atoms with Gasteiger partial charge in [-0.15, -0.1) is 0 Å². The van der Waals surface area contributed by atoms with Crippen molar-refractivity contribution >= 4 is 28.9 Å². The van der Waals surface area contributed by atoms with Gasteiger partial charge in [0, 0.05) is 36.8 Å².